The second-order valence-corrected chi connectivity index (χ2v) is 5.34. The Morgan fingerprint density at radius 1 is 1.17 bits per heavy atom. The molecule has 1 atom stereocenters. The van der Waals surface area contributed by atoms with Crippen LogP contribution in [0.25, 0.3) is 0 Å². The Hall–Kier alpha value is -1.26. The van der Waals surface area contributed by atoms with E-state index in [1.807, 2.05) is 0 Å². The Kier molecular flexibility index (Phi) is 13.4. The zero-order valence-corrected chi connectivity index (χ0v) is 17.4. The first-order valence-electron chi connectivity index (χ1n) is 8.48. The predicted octanol–water partition coefficient (Wildman–Crippen LogP) is 2.75. The van der Waals surface area contributed by atoms with Crippen LogP contribution >= 0.6 is 24.0 Å². The second kappa shape index (κ2) is 14.1. The quantitative estimate of drug-likeness (QED) is 0.268. The van der Waals surface area contributed by atoms with Gasteiger partial charge in [0.25, 0.3) is 0 Å². The fraction of sp³-hybridized carbons (Fsp3) is 0.526. The third-order valence-electron chi connectivity index (χ3n) is 3.81. The van der Waals surface area contributed by atoms with Crippen molar-refractivity contribution in [2.24, 2.45) is 4.99 Å². The number of guanidine groups is 1. The van der Waals surface area contributed by atoms with Crippen molar-refractivity contribution in [1.82, 2.24) is 15.5 Å². The molecule has 0 fully saturated rings. The average Bonchev–Trinajstić information content (AvgIpc) is 2.59. The topological polar surface area (TPSA) is 39.7 Å². The molecule has 24 heavy (non-hydrogen) atoms. The van der Waals surface area contributed by atoms with Crippen LogP contribution in [0.2, 0.25) is 0 Å². The Morgan fingerprint density at radius 3 is 2.38 bits per heavy atom. The SMILES string of the molecule is C#CCNC(=NCC(Cc1ccccc1)N(CC)CC)NCC.I. The third kappa shape index (κ3) is 8.55. The van der Waals surface area contributed by atoms with Gasteiger partial charge in [0, 0.05) is 12.6 Å². The fourth-order valence-electron chi connectivity index (χ4n) is 2.61. The number of hydrogen-bond donors (Lipinski definition) is 2. The van der Waals surface area contributed by atoms with E-state index in [0.29, 0.717) is 12.6 Å². The first-order valence-corrected chi connectivity index (χ1v) is 8.48. The van der Waals surface area contributed by atoms with E-state index in [9.17, 15) is 0 Å². The molecular weight excluding hydrogens is 411 g/mol. The van der Waals surface area contributed by atoms with E-state index >= 15 is 0 Å². The van der Waals surface area contributed by atoms with Gasteiger partial charge in [-0.1, -0.05) is 50.1 Å². The molecule has 1 aromatic carbocycles. The van der Waals surface area contributed by atoms with E-state index in [-0.39, 0.29) is 24.0 Å². The summed E-state index contributed by atoms with van der Waals surface area (Å²) in [5.41, 5.74) is 1.35. The highest BCUT2D eigenvalue weighted by Crippen LogP contribution is 2.09. The summed E-state index contributed by atoms with van der Waals surface area (Å²) in [6.07, 6.45) is 6.32. The fourth-order valence-corrected chi connectivity index (χ4v) is 2.61. The summed E-state index contributed by atoms with van der Waals surface area (Å²) < 4.78 is 0. The highest BCUT2D eigenvalue weighted by molar-refractivity contribution is 14.0. The lowest BCUT2D eigenvalue weighted by atomic mass is 10.0. The molecule has 5 heteroatoms. The van der Waals surface area contributed by atoms with Crippen LogP contribution < -0.4 is 10.6 Å². The van der Waals surface area contributed by atoms with Gasteiger partial charge in [0.1, 0.15) is 0 Å². The van der Waals surface area contributed by atoms with Crippen LogP contribution in [0.15, 0.2) is 35.3 Å². The van der Waals surface area contributed by atoms with Gasteiger partial charge in [-0.25, -0.2) is 0 Å². The molecule has 2 N–H and O–H groups in total. The molecule has 0 aromatic heterocycles. The number of aliphatic imine (C=N–C) groups is 1. The molecule has 0 radical (unpaired) electrons. The third-order valence-corrected chi connectivity index (χ3v) is 3.81. The van der Waals surface area contributed by atoms with E-state index in [1.54, 1.807) is 0 Å². The minimum Gasteiger partial charge on any atom is -0.357 e. The molecule has 0 amide bonds. The number of halogens is 1. The number of benzene rings is 1. The van der Waals surface area contributed by atoms with Crippen molar-refractivity contribution in [3.05, 3.63) is 35.9 Å². The number of nitrogens with one attached hydrogen (secondary N) is 2. The monoisotopic (exact) mass is 442 g/mol. The lowest BCUT2D eigenvalue weighted by Crippen LogP contribution is -2.42. The maximum atomic E-state index is 5.32. The molecule has 1 unspecified atom stereocenters. The summed E-state index contributed by atoms with van der Waals surface area (Å²) in [6.45, 7) is 10.6. The molecule has 0 spiro atoms. The maximum absolute atomic E-state index is 5.32. The molecule has 0 aliphatic carbocycles. The van der Waals surface area contributed by atoms with Gasteiger partial charge in [0.05, 0.1) is 13.1 Å². The van der Waals surface area contributed by atoms with Crippen LogP contribution in [0, 0.1) is 12.3 Å². The number of likely N-dealkylation sites (N-methyl/N-ethyl adjacent to an activating group) is 1. The summed E-state index contributed by atoms with van der Waals surface area (Å²) in [5, 5.41) is 6.39. The standard InChI is InChI=1S/C19H30N4.HI/c1-5-14-21-19(20-6-2)22-16-18(23(7-3)8-4)15-17-12-10-9-11-13-17;/h1,9-13,18H,6-8,14-16H2,2-4H3,(H2,20,21,22);1H. The summed E-state index contributed by atoms with van der Waals surface area (Å²) in [4.78, 5) is 7.18. The lowest BCUT2D eigenvalue weighted by Gasteiger charge is -2.29. The Labute approximate surface area is 164 Å². The van der Waals surface area contributed by atoms with Gasteiger partial charge in [-0.05, 0) is 32.0 Å². The number of hydrogen-bond acceptors (Lipinski definition) is 2. The molecule has 134 valence electrons. The highest BCUT2D eigenvalue weighted by Gasteiger charge is 2.16. The minimum atomic E-state index is 0. The van der Waals surface area contributed by atoms with Crippen molar-refractivity contribution in [3.63, 3.8) is 0 Å². The number of terminal acetylenes is 1. The van der Waals surface area contributed by atoms with E-state index in [0.717, 1.165) is 38.6 Å². The average molecular weight is 442 g/mol. The molecule has 0 saturated heterocycles. The molecular formula is C19H31IN4. The number of rotatable bonds is 9. The van der Waals surface area contributed by atoms with Crippen LogP contribution in [0.5, 0.6) is 0 Å². The van der Waals surface area contributed by atoms with Gasteiger partial charge < -0.3 is 10.6 Å². The second-order valence-electron chi connectivity index (χ2n) is 5.34. The Morgan fingerprint density at radius 2 is 1.83 bits per heavy atom. The Bertz CT molecular complexity index is 492. The van der Waals surface area contributed by atoms with E-state index < -0.39 is 0 Å². The lowest BCUT2D eigenvalue weighted by molar-refractivity contribution is 0.220. The van der Waals surface area contributed by atoms with Gasteiger partial charge in [-0.15, -0.1) is 30.4 Å². The molecule has 0 saturated carbocycles. The molecule has 0 aliphatic heterocycles. The van der Waals surface area contributed by atoms with Crippen molar-refractivity contribution in [1.29, 1.82) is 0 Å². The maximum Gasteiger partial charge on any atom is 0.192 e. The first kappa shape index (κ1) is 22.7. The number of nitrogens with zero attached hydrogens (tertiary/aromatic N) is 2. The van der Waals surface area contributed by atoms with Crippen molar-refractivity contribution in [3.8, 4) is 12.3 Å². The van der Waals surface area contributed by atoms with Crippen LogP contribution in [-0.4, -0.2) is 49.6 Å². The van der Waals surface area contributed by atoms with Gasteiger partial charge in [0.15, 0.2) is 5.96 Å². The summed E-state index contributed by atoms with van der Waals surface area (Å²) >= 11 is 0. The van der Waals surface area contributed by atoms with E-state index in [1.165, 1.54) is 5.56 Å². The zero-order chi connectivity index (χ0) is 16.9. The Balaban J connectivity index is 0.00000529. The van der Waals surface area contributed by atoms with Crippen LogP contribution in [-0.2, 0) is 6.42 Å². The van der Waals surface area contributed by atoms with Crippen molar-refractivity contribution >= 4 is 29.9 Å². The molecule has 1 rings (SSSR count). The van der Waals surface area contributed by atoms with Crippen molar-refractivity contribution < 1.29 is 0 Å². The van der Waals surface area contributed by atoms with E-state index in [2.05, 4.69) is 72.6 Å². The van der Waals surface area contributed by atoms with Crippen LogP contribution in [0.4, 0.5) is 0 Å². The molecule has 0 heterocycles. The van der Waals surface area contributed by atoms with Crippen LogP contribution in [0.3, 0.4) is 0 Å². The van der Waals surface area contributed by atoms with Gasteiger partial charge in [0.2, 0.25) is 0 Å². The predicted molar refractivity (Wildman–Crippen MR) is 115 cm³/mol. The summed E-state index contributed by atoms with van der Waals surface area (Å²) in [6, 6.07) is 11.0. The van der Waals surface area contributed by atoms with Crippen molar-refractivity contribution in [2.45, 2.75) is 33.2 Å². The summed E-state index contributed by atoms with van der Waals surface area (Å²) in [7, 11) is 0. The van der Waals surface area contributed by atoms with E-state index in [4.69, 9.17) is 11.4 Å². The van der Waals surface area contributed by atoms with Crippen LogP contribution in [0.1, 0.15) is 26.3 Å². The van der Waals surface area contributed by atoms with Gasteiger partial charge in [-0.2, -0.15) is 0 Å². The van der Waals surface area contributed by atoms with Gasteiger partial charge in [-0.3, -0.25) is 9.89 Å². The normalized spacial score (nSPS) is 12.2. The highest BCUT2D eigenvalue weighted by atomic mass is 127. The first-order chi connectivity index (χ1) is 11.2. The van der Waals surface area contributed by atoms with Gasteiger partial charge >= 0.3 is 0 Å². The molecule has 4 nitrogen and oxygen atoms in total. The van der Waals surface area contributed by atoms with Crippen molar-refractivity contribution in [2.75, 3.05) is 32.7 Å². The largest absolute Gasteiger partial charge is 0.357 e. The zero-order valence-electron chi connectivity index (χ0n) is 15.1. The molecule has 0 aliphatic rings. The molecule has 0 bridgehead atoms. The minimum absolute atomic E-state index is 0. The molecule has 1 aromatic rings. The smallest absolute Gasteiger partial charge is 0.192 e. The summed E-state index contributed by atoms with van der Waals surface area (Å²) in [5.74, 6) is 3.37.